The molecule has 0 aromatic carbocycles. The van der Waals surface area contributed by atoms with Crippen molar-refractivity contribution in [1.29, 1.82) is 0 Å². The fourth-order valence-electron chi connectivity index (χ4n) is 6.90. The number of aliphatic hydroxyl groups is 1. The van der Waals surface area contributed by atoms with E-state index in [0.717, 1.165) is 44.9 Å². The summed E-state index contributed by atoms with van der Waals surface area (Å²) < 4.78 is 0. The number of fused-ring (bicyclic) bond motifs is 5. The molecule has 0 aromatic heterocycles. The van der Waals surface area contributed by atoms with E-state index in [2.05, 4.69) is 19.4 Å². The van der Waals surface area contributed by atoms with Gasteiger partial charge in [-0.25, -0.2) is 0 Å². The van der Waals surface area contributed by atoms with Crippen molar-refractivity contribution in [2.45, 2.75) is 63.9 Å². The van der Waals surface area contributed by atoms with Gasteiger partial charge >= 0.3 is 0 Å². The first-order valence-corrected chi connectivity index (χ1v) is 9.57. The summed E-state index contributed by atoms with van der Waals surface area (Å²) in [5.41, 5.74) is 1.48. The maximum absolute atomic E-state index is 11.8. The van der Waals surface area contributed by atoms with Crippen molar-refractivity contribution >= 4 is 5.78 Å². The zero-order chi connectivity index (χ0) is 17.1. The molecule has 4 rings (SSSR count). The summed E-state index contributed by atoms with van der Waals surface area (Å²) in [5, 5.41) is 11.2. The molecule has 24 heavy (non-hydrogen) atoms. The molecular formula is C22H28O2. The molecule has 2 heteroatoms. The van der Waals surface area contributed by atoms with Gasteiger partial charge in [-0.05, 0) is 74.7 Å². The maximum atomic E-state index is 11.8. The number of carbonyl (C=O) groups is 1. The van der Waals surface area contributed by atoms with Gasteiger partial charge in [0.1, 0.15) is 5.60 Å². The highest BCUT2D eigenvalue weighted by atomic mass is 16.3. The van der Waals surface area contributed by atoms with E-state index in [0.29, 0.717) is 35.9 Å². The van der Waals surface area contributed by atoms with Crippen molar-refractivity contribution in [3.8, 4) is 12.3 Å². The molecule has 0 saturated heterocycles. The Morgan fingerprint density at radius 2 is 2.17 bits per heavy atom. The first kappa shape index (κ1) is 16.2. The molecule has 0 radical (unpaired) electrons. The molecule has 0 amide bonds. The second-order valence-corrected chi connectivity index (χ2v) is 8.55. The van der Waals surface area contributed by atoms with E-state index in [1.54, 1.807) is 0 Å². The van der Waals surface area contributed by atoms with Crippen molar-refractivity contribution in [1.82, 2.24) is 0 Å². The third-order valence-electron chi connectivity index (χ3n) is 7.94. The minimum Gasteiger partial charge on any atom is -0.377 e. The number of hydrogen-bond acceptors (Lipinski definition) is 2. The average Bonchev–Trinajstić information content (AvgIpc) is 2.88. The predicted molar refractivity (Wildman–Crippen MR) is 95.0 cm³/mol. The predicted octanol–water partition coefficient (Wildman–Crippen LogP) is 4.05. The molecule has 6 atom stereocenters. The lowest BCUT2D eigenvalue weighted by Gasteiger charge is -2.56. The van der Waals surface area contributed by atoms with E-state index in [9.17, 15) is 9.90 Å². The highest BCUT2D eigenvalue weighted by molar-refractivity contribution is 5.91. The van der Waals surface area contributed by atoms with Crippen LogP contribution in [0.5, 0.6) is 0 Å². The molecule has 0 aromatic rings. The van der Waals surface area contributed by atoms with Crippen LogP contribution in [-0.4, -0.2) is 16.5 Å². The third-order valence-corrected chi connectivity index (χ3v) is 7.94. The van der Waals surface area contributed by atoms with Crippen LogP contribution in [0.4, 0.5) is 0 Å². The molecule has 3 saturated carbocycles. The van der Waals surface area contributed by atoms with E-state index < -0.39 is 5.60 Å². The number of terminal acetylenes is 1. The number of rotatable bonds is 1. The van der Waals surface area contributed by atoms with Gasteiger partial charge in [0.05, 0.1) is 0 Å². The van der Waals surface area contributed by atoms with Gasteiger partial charge in [0, 0.05) is 11.8 Å². The minimum atomic E-state index is -0.973. The highest BCUT2D eigenvalue weighted by Crippen LogP contribution is 2.67. The first-order chi connectivity index (χ1) is 11.5. The van der Waals surface area contributed by atoms with Gasteiger partial charge in [-0.3, -0.25) is 4.79 Å². The summed E-state index contributed by atoms with van der Waals surface area (Å²) in [6, 6.07) is 0. The van der Waals surface area contributed by atoms with Gasteiger partial charge < -0.3 is 5.11 Å². The van der Waals surface area contributed by atoms with E-state index in [-0.39, 0.29) is 5.41 Å². The quantitative estimate of drug-likeness (QED) is 0.583. The van der Waals surface area contributed by atoms with Gasteiger partial charge in [-0.15, -0.1) is 6.42 Å². The molecule has 4 aliphatic carbocycles. The molecule has 0 aliphatic heterocycles. The summed E-state index contributed by atoms with van der Waals surface area (Å²) in [6.45, 7) is 6.65. The molecule has 0 unspecified atom stereocenters. The lowest BCUT2D eigenvalue weighted by atomic mass is 9.48. The molecule has 0 bridgehead atoms. The van der Waals surface area contributed by atoms with Crippen molar-refractivity contribution in [3.05, 3.63) is 23.8 Å². The van der Waals surface area contributed by atoms with Gasteiger partial charge in [0.2, 0.25) is 0 Å². The zero-order valence-electron chi connectivity index (χ0n) is 14.7. The monoisotopic (exact) mass is 324 g/mol. The van der Waals surface area contributed by atoms with Crippen LogP contribution in [0.15, 0.2) is 23.8 Å². The largest absolute Gasteiger partial charge is 0.377 e. The number of hydrogen-bond donors (Lipinski definition) is 1. The highest BCUT2D eigenvalue weighted by Gasteiger charge is 2.64. The summed E-state index contributed by atoms with van der Waals surface area (Å²) in [4.78, 5) is 11.8. The van der Waals surface area contributed by atoms with Gasteiger partial charge in [-0.1, -0.05) is 30.6 Å². The minimum absolute atomic E-state index is 0.189. The number of ketones is 1. The number of carbonyl (C=O) groups excluding carboxylic acids is 1. The Bertz CT molecular complexity index is 666. The Kier molecular flexibility index (Phi) is 3.59. The van der Waals surface area contributed by atoms with Crippen molar-refractivity contribution in [2.24, 2.45) is 29.1 Å². The fourth-order valence-corrected chi connectivity index (χ4v) is 6.90. The molecule has 0 spiro atoms. The molecule has 3 fully saturated rings. The number of allylic oxidation sites excluding steroid dienone is 2. The van der Waals surface area contributed by atoms with E-state index >= 15 is 0 Å². The van der Waals surface area contributed by atoms with E-state index in [1.807, 2.05) is 6.08 Å². The summed E-state index contributed by atoms with van der Waals surface area (Å²) in [7, 11) is 0. The Morgan fingerprint density at radius 1 is 1.38 bits per heavy atom. The topological polar surface area (TPSA) is 37.3 Å². The Hall–Kier alpha value is -1.33. The summed E-state index contributed by atoms with van der Waals surface area (Å²) in [6.07, 6.45) is 15.1. The molecule has 128 valence electrons. The SMILES string of the molecule is C#C[C@]1(O)CC[C@@H]2[C@@H]3CCC4=CC(=O)CC[C@@H]4[C@@H]3C(=C)C[C@]21CC. The van der Waals surface area contributed by atoms with Crippen molar-refractivity contribution in [2.75, 3.05) is 0 Å². The standard InChI is InChI=1S/C22H28O2/c1-4-21-13-14(3)20-17-9-7-16(23)12-15(17)6-8-18(20)19(21)10-11-22(21,24)5-2/h2,12,17-20,24H,3-4,6-11,13H2,1H3/t17-,18-,19+,20-,21+,22-/m0/s1. The molecule has 1 N–H and O–H groups in total. The van der Waals surface area contributed by atoms with E-state index in [1.165, 1.54) is 11.1 Å². The summed E-state index contributed by atoms with van der Waals surface area (Å²) in [5.74, 6) is 5.13. The smallest absolute Gasteiger partial charge is 0.155 e. The van der Waals surface area contributed by atoms with E-state index in [4.69, 9.17) is 6.42 Å². The van der Waals surface area contributed by atoms with Gasteiger partial charge in [0.25, 0.3) is 0 Å². The summed E-state index contributed by atoms with van der Waals surface area (Å²) >= 11 is 0. The lowest BCUT2D eigenvalue weighted by molar-refractivity contribution is -0.116. The van der Waals surface area contributed by atoms with Crippen LogP contribution in [0.25, 0.3) is 0 Å². The van der Waals surface area contributed by atoms with Crippen LogP contribution in [0, 0.1) is 41.4 Å². The van der Waals surface area contributed by atoms with Crippen LogP contribution in [-0.2, 0) is 4.79 Å². The Morgan fingerprint density at radius 3 is 2.88 bits per heavy atom. The van der Waals surface area contributed by atoms with Crippen LogP contribution in [0.2, 0.25) is 0 Å². The second kappa shape index (κ2) is 5.33. The first-order valence-electron chi connectivity index (χ1n) is 9.57. The molecular weight excluding hydrogens is 296 g/mol. The zero-order valence-corrected chi connectivity index (χ0v) is 14.7. The van der Waals surface area contributed by atoms with Gasteiger partial charge in [0.15, 0.2) is 5.78 Å². The molecule has 0 heterocycles. The van der Waals surface area contributed by atoms with Crippen molar-refractivity contribution in [3.63, 3.8) is 0 Å². The average molecular weight is 324 g/mol. The van der Waals surface area contributed by atoms with Crippen molar-refractivity contribution < 1.29 is 9.90 Å². The maximum Gasteiger partial charge on any atom is 0.155 e. The molecule has 2 nitrogen and oxygen atoms in total. The Labute approximate surface area is 145 Å². The van der Waals surface area contributed by atoms with Crippen LogP contribution >= 0.6 is 0 Å². The fraction of sp³-hybridized carbons (Fsp3) is 0.682. The lowest BCUT2D eigenvalue weighted by Crippen LogP contribution is -2.54. The second-order valence-electron chi connectivity index (χ2n) is 8.55. The van der Waals surface area contributed by atoms with Crippen LogP contribution in [0.3, 0.4) is 0 Å². The molecule has 4 aliphatic rings. The van der Waals surface area contributed by atoms with Gasteiger partial charge in [-0.2, -0.15) is 0 Å². The van der Waals surface area contributed by atoms with Crippen LogP contribution in [0.1, 0.15) is 58.3 Å². The normalized spacial score (nSPS) is 47.3. The Balaban J connectivity index is 1.74. The van der Waals surface area contributed by atoms with Crippen LogP contribution < -0.4 is 0 Å². The third kappa shape index (κ3) is 1.91.